The number of benzene rings is 1. The topological polar surface area (TPSA) is 181 Å². The Labute approximate surface area is 298 Å². The van der Waals surface area contributed by atoms with Gasteiger partial charge in [0.25, 0.3) is 0 Å². The van der Waals surface area contributed by atoms with Crippen molar-refractivity contribution in [3.63, 3.8) is 0 Å². The van der Waals surface area contributed by atoms with Crippen molar-refractivity contribution in [1.82, 2.24) is 24.7 Å². The molecule has 1 aliphatic heterocycles. The molecule has 1 fully saturated rings. The molecule has 14 nitrogen and oxygen atoms in total. The monoisotopic (exact) mass is 724 g/mol. The zero-order chi connectivity index (χ0) is 37.9. The van der Waals surface area contributed by atoms with E-state index in [0.29, 0.717) is 37.1 Å². The fraction of sp³-hybridized carbons (Fsp3) is 0.714. The zero-order valence-electron chi connectivity index (χ0n) is 31.5. The quantitative estimate of drug-likeness (QED) is 0.178. The molecule has 4 amide bonds. The fourth-order valence-corrected chi connectivity index (χ4v) is 8.16. The number of nitrogens with one attached hydrogen (secondary N) is 2. The normalized spacial score (nSPS) is 18.6. The van der Waals surface area contributed by atoms with Crippen molar-refractivity contribution in [2.24, 2.45) is 17.8 Å². The van der Waals surface area contributed by atoms with Crippen LogP contribution in [0.25, 0.3) is 0 Å². The Bertz CT molecular complexity index is 1380. The summed E-state index contributed by atoms with van der Waals surface area (Å²) in [5.41, 5.74) is 6.67. The van der Waals surface area contributed by atoms with E-state index in [1.54, 1.807) is 48.0 Å². The molecule has 50 heavy (non-hydrogen) atoms. The summed E-state index contributed by atoms with van der Waals surface area (Å²) in [5.74, 6) is -2.77. The molecule has 1 saturated heterocycles. The second-order valence-electron chi connectivity index (χ2n) is 14.0. The molecule has 284 valence electrons. The van der Waals surface area contributed by atoms with Gasteiger partial charge in [0.2, 0.25) is 33.7 Å². The summed E-state index contributed by atoms with van der Waals surface area (Å²) in [6.45, 7) is 9.71. The van der Waals surface area contributed by atoms with E-state index in [9.17, 15) is 27.6 Å². The Balaban J connectivity index is 2.16. The molecule has 1 heterocycles. The minimum Gasteiger partial charge on any atom is -0.399 e. The van der Waals surface area contributed by atoms with Crippen molar-refractivity contribution >= 4 is 39.3 Å². The highest BCUT2D eigenvalue weighted by Gasteiger charge is 2.42. The molecule has 1 aromatic carbocycles. The molecule has 0 spiro atoms. The fourth-order valence-electron chi connectivity index (χ4n) is 6.97. The van der Waals surface area contributed by atoms with Gasteiger partial charge in [-0.25, -0.2) is 8.42 Å². The molecular formula is C35H60N6O8S. The van der Waals surface area contributed by atoms with Crippen LogP contribution < -0.4 is 15.8 Å². The zero-order valence-corrected chi connectivity index (χ0v) is 32.3. The van der Waals surface area contributed by atoms with Crippen LogP contribution in [0.4, 0.5) is 5.69 Å². The number of nitrogens with two attached hydrogens (primary N) is 1. The number of likely N-dealkylation sites (N-methyl/N-ethyl adjacent to an activating group) is 2. The van der Waals surface area contributed by atoms with Gasteiger partial charge in [-0.3, -0.25) is 28.8 Å². The molecule has 1 aliphatic rings. The highest BCUT2D eigenvalue weighted by Crippen LogP contribution is 2.29. The molecule has 1 aromatic rings. The third-order valence-corrected chi connectivity index (χ3v) is 11.0. The molecule has 0 aliphatic carbocycles. The summed E-state index contributed by atoms with van der Waals surface area (Å²) in [5, 5.41) is 2.78. The molecule has 0 radical (unpaired) electrons. The van der Waals surface area contributed by atoms with Gasteiger partial charge in [0, 0.05) is 33.5 Å². The second kappa shape index (κ2) is 19.4. The molecule has 4 N–H and O–H groups in total. The lowest BCUT2D eigenvalue weighted by molar-refractivity contribution is -0.145. The van der Waals surface area contributed by atoms with Gasteiger partial charge in [0.05, 0.1) is 55.0 Å². The van der Waals surface area contributed by atoms with Crippen LogP contribution in [0.5, 0.6) is 0 Å². The minimum atomic E-state index is -4.01. The van der Waals surface area contributed by atoms with Crippen molar-refractivity contribution in [2.75, 3.05) is 54.2 Å². The molecule has 7 atom stereocenters. The number of carbonyl (C=O) groups is 4. The van der Waals surface area contributed by atoms with Gasteiger partial charge in [-0.05, 0) is 56.5 Å². The lowest BCUT2D eigenvalue weighted by atomic mass is 9.90. The molecule has 0 bridgehead atoms. The van der Waals surface area contributed by atoms with E-state index in [1.807, 2.05) is 46.7 Å². The van der Waals surface area contributed by atoms with Crippen molar-refractivity contribution in [1.29, 1.82) is 0 Å². The number of rotatable bonds is 19. The van der Waals surface area contributed by atoms with Crippen LogP contribution in [0.1, 0.15) is 65.9 Å². The van der Waals surface area contributed by atoms with E-state index in [1.165, 1.54) is 14.2 Å². The minimum absolute atomic E-state index is 0.0327. The highest BCUT2D eigenvalue weighted by atomic mass is 32.2. The highest BCUT2D eigenvalue weighted by molar-refractivity contribution is 7.89. The average molecular weight is 725 g/mol. The summed E-state index contributed by atoms with van der Waals surface area (Å²) in [6, 6.07) is 5.01. The number of methoxy groups -OCH3 is 2. The molecule has 2 rings (SSSR count). The van der Waals surface area contributed by atoms with E-state index < -0.39 is 51.9 Å². The van der Waals surface area contributed by atoms with Gasteiger partial charge in [0.15, 0.2) is 0 Å². The van der Waals surface area contributed by atoms with Gasteiger partial charge < -0.3 is 30.3 Å². The van der Waals surface area contributed by atoms with Crippen molar-refractivity contribution in [2.45, 2.75) is 96.4 Å². The molecule has 0 saturated carbocycles. The Morgan fingerprint density at radius 2 is 1.62 bits per heavy atom. The summed E-state index contributed by atoms with van der Waals surface area (Å²) in [7, 11) is 4.24. The standard InChI is InChI=1S/C35H60N6O8S/c1-11-23(4)32(40(8)30(43)20-37-35(45)31(22(2)3)39(6)7)28(48-9)19-29(42)41-18-12-13-27(41)33(49-10)24(5)34(44)38-50(46,47)21-25-14-16-26(36)17-15-25/h14-17,22-24,27-28,31-33H,11-13,18-21,36H2,1-10H3,(H,37,45)(H,38,44)/t23-,24+,27-,28+,31?,32-,33+/m0/s1. The maximum absolute atomic E-state index is 13.9. The molecule has 15 heteroatoms. The van der Waals surface area contributed by atoms with Gasteiger partial charge >= 0.3 is 0 Å². The Kier molecular flexibility index (Phi) is 16.6. The predicted molar refractivity (Wildman–Crippen MR) is 193 cm³/mol. The lowest BCUT2D eigenvalue weighted by Gasteiger charge is -2.39. The average Bonchev–Trinajstić information content (AvgIpc) is 3.53. The van der Waals surface area contributed by atoms with E-state index in [0.717, 1.165) is 0 Å². The van der Waals surface area contributed by atoms with Gasteiger partial charge in [-0.15, -0.1) is 0 Å². The Morgan fingerprint density at radius 3 is 2.14 bits per heavy atom. The van der Waals surface area contributed by atoms with Crippen LogP contribution in [0.15, 0.2) is 24.3 Å². The maximum atomic E-state index is 13.9. The largest absolute Gasteiger partial charge is 0.399 e. The number of nitrogens with zero attached hydrogens (tertiary/aromatic N) is 3. The lowest BCUT2D eigenvalue weighted by Crippen LogP contribution is -2.55. The number of carbonyl (C=O) groups excluding carboxylic acids is 4. The first-order chi connectivity index (χ1) is 23.4. The van der Waals surface area contributed by atoms with E-state index in [2.05, 4.69) is 10.0 Å². The predicted octanol–water partition coefficient (Wildman–Crippen LogP) is 1.84. The van der Waals surface area contributed by atoms with E-state index in [-0.39, 0.29) is 48.6 Å². The van der Waals surface area contributed by atoms with Crippen molar-refractivity contribution in [3.8, 4) is 0 Å². The summed E-state index contributed by atoms with van der Waals surface area (Å²) < 4.78 is 39.5. The molecule has 0 aromatic heterocycles. The Morgan fingerprint density at radius 1 is 1.00 bits per heavy atom. The number of sulfonamides is 1. The second-order valence-corrected chi connectivity index (χ2v) is 15.7. The third-order valence-electron chi connectivity index (χ3n) is 9.77. The first-order valence-electron chi connectivity index (χ1n) is 17.3. The van der Waals surface area contributed by atoms with Crippen LogP contribution in [0.2, 0.25) is 0 Å². The van der Waals surface area contributed by atoms with Crippen LogP contribution >= 0.6 is 0 Å². The SMILES string of the molecule is CC[C@H](C)[C@@H]([C@@H](CC(=O)N1CCC[C@H]1[C@H](OC)[C@@H](C)C(=O)NS(=O)(=O)Cc1ccc(N)cc1)OC)N(C)C(=O)CNC(=O)C(C(C)C)N(C)C. The smallest absolute Gasteiger partial charge is 0.242 e. The Hall–Kier alpha value is -3.27. The number of nitrogen functional groups attached to an aromatic ring is 1. The van der Waals surface area contributed by atoms with Crippen LogP contribution in [-0.4, -0.2) is 126 Å². The number of hydrogen-bond donors (Lipinski definition) is 3. The molecular weight excluding hydrogens is 664 g/mol. The number of likely N-dealkylation sites (tertiary alicyclic amines) is 1. The summed E-state index contributed by atoms with van der Waals surface area (Å²) in [4.78, 5) is 58.5. The number of hydrogen-bond acceptors (Lipinski definition) is 10. The molecule has 1 unspecified atom stereocenters. The van der Waals surface area contributed by atoms with E-state index in [4.69, 9.17) is 15.2 Å². The van der Waals surface area contributed by atoms with Crippen LogP contribution in [0, 0.1) is 17.8 Å². The third kappa shape index (κ3) is 11.6. The number of anilines is 1. The first kappa shape index (κ1) is 42.9. The maximum Gasteiger partial charge on any atom is 0.242 e. The van der Waals surface area contributed by atoms with E-state index >= 15 is 0 Å². The van der Waals surface area contributed by atoms with Crippen molar-refractivity contribution in [3.05, 3.63) is 29.8 Å². The van der Waals surface area contributed by atoms with Gasteiger partial charge in [0.1, 0.15) is 0 Å². The number of amides is 4. The van der Waals surface area contributed by atoms with Crippen LogP contribution in [0.3, 0.4) is 0 Å². The van der Waals surface area contributed by atoms with Gasteiger partial charge in [-0.1, -0.05) is 53.2 Å². The van der Waals surface area contributed by atoms with Crippen molar-refractivity contribution < 1.29 is 37.1 Å². The number of ether oxygens (including phenoxy) is 2. The first-order valence-corrected chi connectivity index (χ1v) is 19.0. The van der Waals surface area contributed by atoms with Gasteiger partial charge in [-0.2, -0.15) is 0 Å². The summed E-state index contributed by atoms with van der Waals surface area (Å²) >= 11 is 0. The summed E-state index contributed by atoms with van der Waals surface area (Å²) in [6.07, 6.45) is 0.488. The van der Waals surface area contributed by atoms with Crippen LogP contribution in [-0.2, 0) is 44.4 Å².